The Bertz CT molecular complexity index is 1320. The first-order valence-electron chi connectivity index (χ1n) is 15.3. The van der Waals surface area contributed by atoms with E-state index in [4.69, 9.17) is 28.4 Å². The van der Waals surface area contributed by atoms with Crippen LogP contribution < -0.4 is 0 Å². The van der Waals surface area contributed by atoms with Gasteiger partial charge in [-0.05, 0) is 45.7 Å². The van der Waals surface area contributed by atoms with Crippen LogP contribution >= 0.6 is 0 Å². The molecule has 0 aromatic heterocycles. The highest BCUT2D eigenvalue weighted by atomic mass is 16.6. The van der Waals surface area contributed by atoms with Crippen LogP contribution in [0.1, 0.15) is 85.0 Å². The molecule has 1 N–H and O–H groups in total. The van der Waals surface area contributed by atoms with E-state index in [0.717, 1.165) is 6.92 Å². The molecule has 2 aliphatic carbocycles. The number of carbonyl (C=O) groups is 5. The molecule has 4 rings (SSSR count). The number of benzene rings is 1. The average Bonchev–Trinajstić information content (AvgIpc) is 3.11. The van der Waals surface area contributed by atoms with Crippen molar-refractivity contribution in [3.63, 3.8) is 0 Å². The van der Waals surface area contributed by atoms with Crippen molar-refractivity contribution in [3.05, 3.63) is 35.9 Å². The van der Waals surface area contributed by atoms with E-state index in [1.807, 2.05) is 6.92 Å². The van der Waals surface area contributed by atoms with Crippen LogP contribution in [-0.4, -0.2) is 82.8 Å². The Balaban J connectivity index is 2.06. The van der Waals surface area contributed by atoms with Gasteiger partial charge in [0.1, 0.15) is 30.3 Å². The minimum atomic E-state index is -1.99. The van der Waals surface area contributed by atoms with Gasteiger partial charge in [0.25, 0.3) is 0 Å². The van der Waals surface area contributed by atoms with Gasteiger partial charge in [0.15, 0.2) is 11.7 Å². The lowest BCUT2D eigenvalue weighted by molar-refractivity contribution is -0.356. The SMILES string of the molecule is CCC(C)C(=O)OCC12C(OC(=O)c3ccccc3)CC3C(OC(C)=O)C1(OC3(C)C)C(C)(O)CC(OC(C)=O)C2OC(C)=O. The molecular formula is C33H44O12. The van der Waals surface area contributed by atoms with Crippen molar-refractivity contribution in [2.75, 3.05) is 6.61 Å². The van der Waals surface area contributed by atoms with Crippen LogP contribution in [0.5, 0.6) is 0 Å². The first kappa shape index (κ1) is 34.4. The summed E-state index contributed by atoms with van der Waals surface area (Å²) in [7, 11) is 0. The van der Waals surface area contributed by atoms with E-state index in [1.165, 1.54) is 20.8 Å². The van der Waals surface area contributed by atoms with Gasteiger partial charge in [-0.1, -0.05) is 32.0 Å². The van der Waals surface area contributed by atoms with Gasteiger partial charge < -0.3 is 33.5 Å². The average molecular weight is 633 g/mol. The Hall–Kier alpha value is -3.51. The first-order valence-corrected chi connectivity index (χ1v) is 15.3. The summed E-state index contributed by atoms with van der Waals surface area (Å²) < 4.78 is 36.6. The fourth-order valence-corrected chi connectivity index (χ4v) is 7.67. The van der Waals surface area contributed by atoms with Gasteiger partial charge in [-0.3, -0.25) is 19.2 Å². The van der Waals surface area contributed by atoms with Gasteiger partial charge in [0, 0.05) is 33.1 Å². The normalized spacial score (nSPS) is 35.3. The maximum absolute atomic E-state index is 13.7. The maximum atomic E-state index is 13.7. The Morgan fingerprint density at radius 1 is 0.911 bits per heavy atom. The number of hydrogen-bond donors (Lipinski definition) is 1. The second kappa shape index (κ2) is 12.4. The summed E-state index contributed by atoms with van der Waals surface area (Å²) in [6, 6.07) is 8.20. The number of rotatable bonds is 9. The molecule has 9 unspecified atom stereocenters. The molecule has 1 spiro atoms. The van der Waals surface area contributed by atoms with Crippen molar-refractivity contribution in [3.8, 4) is 0 Å². The van der Waals surface area contributed by atoms with Gasteiger partial charge >= 0.3 is 29.8 Å². The van der Waals surface area contributed by atoms with Crippen LogP contribution in [0.4, 0.5) is 0 Å². The van der Waals surface area contributed by atoms with E-state index in [-0.39, 0.29) is 18.4 Å². The van der Waals surface area contributed by atoms with Crippen molar-refractivity contribution in [2.24, 2.45) is 17.3 Å². The molecule has 1 aromatic carbocycles. The Kier molecular flexibility index (Phi) is 9.43. The van der Waals surface area contributed by atoms with Crippen LogP contribution in [0.3, 0.4) is 0 Å². The number of hydrogen-bond acceptors (Lipinski definition) is 12. The van der Waals surface area contributed by atoms with E-state index < -0.39 is 94.9 Å². The number of ether oxygens (including phenoxy) is 6. The molecule has 12 nitrogen and oxygen atoms in total. The number of carbonyl (C=O) groups excluding carboxylic acids is 5. The van der Waals surface area contributed by atoms with E-state index >= 15 is 0 Å². The van der Waals surface area contributed by atoms with Crippen LogP contribution in [0.2, 0.25) is 0 Å². The third-order valence-electron chi connectivity index (χ3n) is 9.69. The molecule has 248 valence electrons. The minimum Gasteiger partial charge on any atom is -0.464 e. The number of fused-ring (bicyclic) bond motifs is 1. The quantitative estimate of drug-likeness (QED) is 0.313. The van der Waals surface area contributed by atoms with Gasteiger partial charge in [0.05, 0.1) is 22.7 Å². The summed E-state index contributed by atoms with van der Waals surface area (Å²) in [6.45, 7) is 11.4. The third kappa shape index (κ3) is 5.82. The molecule has 0 radical (unpaired) electrons. The number of esters is 5. The molecule has 3 aliphatic rings. The monoisotopic (exact) mass is 632 g/mol. The van der Waals surface area contributed by atoms with Crippen LogP contribution in [0.25, 0.3) is 0 Å². The Morgan fingerprint density at radius 3 is 2.04 bits per heavy atom. The summed E-state index contributed by atoms with van der Waals surface area (Å²) in [5.74, 6) is -4.69. The summed E-state index contributed by atoms with van der Waals surface area (Å²) in [6.07, 6.45) is -5.09. The largest absolute Gasteiger partial charge is 0.464 e. The van der Waals surface area contributed by atoms with Gasteiger partial charge in [-0.25, -0.2) is 4.79 Å². The molecule has 45 heavy (non-hydrogen) atoms. The van der Waals surface area contributed by atoms with Crippen LogP contribution in [-0.2, 0) is 47.6 Å². The zero-order valence-electron chi connectivity index (χ0n) is 27.1. The summed E-state index contributed by atoms with van der Waals surface area (Å²) in [4.78, 5) is 64.8. The lowest BCUT2D eigenvalue weighted by atomic mass is 9.46. The lowest BCUT2D eigenvalue weighted by Gasteiger charge is -2.65. The second-order valence-electron chi connectivity index (χ2n) is 13.2. The third-order valence-corrected chi connectivity index (χ3v) is 9.69. The maximum Gasteiger partial charge on any atom is 0.338 e. The van der Waals surface area contributed by atoms with E-state index in [2.05, 4.69) is 0 Å². The Morgan fingerprint density at radius 2 is 1.49 bits per heavy atom. The zero-order chi connectivity index (χ0) is 33.5. The standard InChI is InChI=1S/C33H44O12/c1-9-18(2)28(37)40-17-32-25(44-29(38)22-13-11-10-12-14-22)15-23-26(42-20(4)35)33(32,45-30(23,6)7)31(8,39)16-24(41-19(3)34)27(32)43-21(5)36/h10-14,18,23-27,39H,9,15-17H2,1-8H3. The van der Waals surface area contributed by atoms with Crippen molar-refractivity contribution in [2.45, 2.75) is 116 Å². The molecule has 12 heteroatoms. The highest BCUT2D eigenvalue weighted by molar-refractivity contribution is 5.89. The van der Waals surface area contributed by atoms with Gasteiger partial charge in [0.2, 0.25) is 0 Å². The molecule has 3 fully saturated rings. The van der Waals surface area contributed by atoms with Gasteiger partial charge in [-0.15, -0.1) is 0 Å². The fourth-order valence-electron chi connectivity index (χ4n) is 7.67. The fraction of sp³-hybridized carbons (Fsp3) is 0.667. The first-order chi connectivity index (χ1) is 20.9. The highest BCUT2D eigenvalue weighted by Gasteiger charge is 2.86. The molecule has 1 saturated heterocycles. The van der Waals surface area contributed by atoms with Gasteiger partial charge in [-0.2, -0.15) is 0 Å². The van der Waals surface area contributed by atoms with Crippen molar-refractivity contribution in [1.82, 2.24) is 0 Å². The smallest absolute Gasteiger partial charge is 0.338 e. The summed E-state index contributed by atoms with van der Waals surface area (Å²) in [5.41, 5.74) is -6.81. The molecule has 0 amide bonds. The molecule has 2 saturated carbocycles. The molecular weight excluding hydrogens is 588 g/mol. The molecule has 9 atom stereocenters. The topological polar surface area (TPSA) is 161 Å². The summed E-state index contributed by atoms with van der Waals surface area (Å²) in [5, 5.41) is 12.5. The predicted octanol–water partition coefficient (Wildman–Crippen LogP) is 3.31. The predicted molar refractivity (Wildman–Crippen MR) is 156 cm³/mol. The summed E-state index contributed by atoms with van der Waals surface area (Å²) >= 11 is 0. The highest BCUT2D eigenvalue weighted by Crippen LogP contribution is 2.69. The Labute approximate surface area is 263 Å². The van der Waals surface area contributed by atoms with Crippen LogP contribution in [0.15, 0.2) is 30.3 Å². The van der Waals surface area contributed by atoms with Crippen molar-refractivity contribution in [1.29, 1.82) is 0 Å². The van der Waals surface area contributed by atoms with E-state index in [1.54, 1.807) is 51.1 Å². The number of aliphatic hydroxyl groups is 1. The van der Waals surface area contributed by atoms with Crippen molar-refractivity contribution >= 4 is 29.8 Å². The zero-order valence-corrected chi connectivity index (χ0v) is 27.1. The molecule has 1 heterocycles. The molecule has 1 aromatic rings. The van der Waals surface area contributed by atoms with E-state index in [0.29, 0.717) is 6.42 Å². The second-order valence-corrected chi connectivity index (χ2v) is 13.2. The lowest BCUT2D eigenvalue weighted by Crippen LogP contribution is -2.83. The van der Waals surface area contributed by atoms with E-state index in [9.17, 15) is 29.1 Å². The molecule has 2 bridgehead atoms. The molecule has 1 aliphatic heterocycles. The van der Waals surface area contributed by atoms with Crippen LogP contribution in [0, 0.1) is 17.3 Å². The van der Waals surface area contributed by atoms with Crippen molar-refractivity contribution < 1.29 is 57.5 Å². The minimum absolute atomic E-state index is 0.00715.